The molecular formula is C15H23FO2. The van der Waals surface area contributed by atoms with E-state index in [1.165, 1.54) is 6.07 Å². The molecule has 1 atom stereocenters. The van der Waals surface area contributed by atoms with Crippen LogP contribution in [0.4, 0.5) is 4.39 Å². The van der Waals surface area contributed by atoms with Gasteiger partial charge in [-0.15, -0.1) is 0 Å². The molecule has 3 heteroatoms. The summed E-state index contributed by atoms with van der Waals surface area (Å²) >= 11 is 0. The molecule has 102 valence electrons. The fraction of sp³-hybridized carbons (Fsp3) is 0.600. The molecule has 2 nitrogen and oxygen atoms in total. The van der Waals surface area contributed by atoms with Crippen LogP contribution in [0, 0.1) is 12.7 Å². The molecule has 1 unspecified atom stereocenters. The van der Waals surface area contributed by atoms with Gasteiger partial charge in [-0.05, 0) is 32.8 Å². The van der Waals surface area contributed by atoms with E-state index in [9.17, 15) is 9.50 Å². The van der Waals surface area contributed by atoms with Crippen LogP contribution in [0.2, 0.25) is 0 Å². The van der Waals surface area contributed by atoms with Crippen LogP contribution in [-0.4, -0.2) is 17.3 Å². The Morgan fingerprint density at radius 1 is 1.28 bits per heavy atom. The van der Waals surface area contributed by atoms with Gasteiger partial charge in [-0.2, -0.15) is 0 Å². The van der Waals surface area contributed by atoms with Gasteiger partial charge >= 0.3 is 0 Å². The fourth-order valence-electron chi connectivity index (χ4n) is 2.36. The number of hydrogen-bond acceptors (Lipinski definition) is 2. The quantitative estimate of drug-likeness (QED) is 0.837. The first kappa shape index (κ1) is 15.1. The van der Waals surface area contributed by atoms with Crippen molar-refractivity contribution in [3.63, 3.8) is 0 Å². The number of rotatable bonds is 6. The van der Waals surface area contributed by atoms with Crippen molar-refractivity contribution >= 4 is 0 Å². The molecule has 0 aliphatic heterocycles. The molecule has 1 aromatic carbocycles. The number of benzene rings is 1. The second-order valence-electron chi connectivity index (χ2n) is 4.63. The standard InChI is InChI=1S/C15H23FO2/c1-5-15(6-2,18-7-3)14(17)12-10-11(4)8-9-13(12)16/h8-10,14,17H,5-7H2,1-4H3. The van der Waals surface area contributed by atoms with Gasteiger partial charge in [0.05, 0.1) is 5.60 Å². The highest BCUT2D eigenvalue weighted by Crippen LogP contribution is 2.36. The van der Waals surface area contributed by atoms with Gasteiger partial charge in [-0.25, -0.2) is 4.39 Å². The Balaban J connectivity index is 3.16. The van der Waals surface area contributed by atoms with E-state index in [2.05, 4.69) is 0 Å². The second kappa shape index (κ2) is 6.30. The van der Waals surface area contributed by atoms with Gasteiger partial charge in [0, 0.05) is 12.2 Å². The summed E-state index contributed by atoms with van der Waals surface area (Å²) in [5.74, 6) is -0.376. The molecule has 0 amide bonds. The van der Waals surface area contributed by atoms with Crippen molar-refractivity contribution in [1.82, 2.24) is 0 Å². The van der Waals surface area contributed by atoms with Crippen molar-refractivity contribution in [2.24, 2.45) is 0 Å². The maximum absolute atomic E-state index is 13.8. The molecule has 0 aliphatic carbocycles. The van der Waals surface area contributed by atoms with Crippen LogP contribution in [0.25, 0.3) is 0 Å². The molecule has 0 spiro atoms. The molecule has 18 heavy (non-hydrogen) atoms. The average molecular weight is 254 g/mol. The number of aliphatic hydroxyl groups excluding tert-OH is 1. The summed E-state index contributed by atoms with van der Waals surface area (Å²) in [6.45, 7) is 8.19. The van der Waals surface area contributed by atoms with Crippen LogP contribution in [0.3, 0.4) is 0 Å². The minimum atomic E-state index is -0.938. The topological polar surface area (TPSA) is 29.5 Å². The van der Waals surface area contributed by atoms with E-state index < -0.39 is 11.7 Å². The van der Waals surface area contributed by atoms with E-state index in [1.54, 1.807) is 12.1 Å². The lowest BCUT2D eigenvalue weighted by Crippen LogP contribution is -2.39. The Morgan fingerprint density at radius 2 is 1.89 bits per heavy atom. The molecule has 0 radical (unpaired) electrons. The number of ether oxygens (including phenoxy) is 1. The lowest BCUT2D eigenvalue weighted by molar-refractivity contribution is -0.128. The van der Waals surface area contributed by atoms with Crippen LogP contribution in [0.15, 0.2) is 18.2 Å². The lowest BCUT2D eigenvalue weighted by Gasteiger charge is -2.36. The van der Waals surface area contributed by atoms with Crippen molar-refractivity contribution in [2.75, 3.05) is 6.61 Å². The molecule has 0 aliphatic rings. The van der Waals surface area contributed by atoms with Gasteiger partial charge in [-0.3, -0.25) is 0 Å². The van der Waals surface area contributed by atoms with Gasteiger partial charge in [-0.1, -0.05) is 31.5 Å². The third-order valence-electron chi connectivity index (χ3n) is 3.57. The first-order valence-electron chi connectivity index (χ1n) is 6.58. The summed E-state index contributed by atoms with van der Waals surface area (Å²) in [7, 11) is 0. The summed E-state index contributed by atoms with van der Waals surface area (Å²) in [5, 5.41) is 10.5. The minimum absolute atomic E-state index is 0.326. The van der Waals surface area contributed by atoms with E-state index in [0.717, 1.165) is 5.56 Å². The highest BCUT2D eigenvalue weighted by Gasteiger charge is 2.37. The highest BCUT2D eigenvalue weighted by molar-refractivity contribution is 5.27. The molecule has 1 aromatic rings. The zero-order chi connectivity index (χ0) is 13.8. The van der Waals surface area contributed by atoms with Crippen LogP contribution >= 0.6 is 0 Å². The van der Waals surface area contributed by atoms with Gasteiger partial charge in [0.2, 0.25) is 0 Å². The smallest absolute Gasteiger partial charge is 0.129 e. The summed E-state index contributed by atoms with van der Waals surface area (Å²) in [6.07, 6.45) is 0.352. The van der Waals surface area contributed by atoms with E-state index in [-0.39, 0.29) is 5.82 Å². The predicted octanol–water partition coefficient (Wildman–Crippen LogP) is 3.76. The van der Waals surface area contributed by atoms with Crippen molar-refractivity contribution in [1.29, 1.82) is 0 Å². The van der Waals surface area contributed by atoms with Crippen LogP contribution < -0.4 is 0 Å². The molecular weight excluding hydrogens is 231 g/mol. The largest absolute Gasteiger partial charge is 0.385 e. The zero-order valence-electron chi connectivity index (χ0n) is 11.7. The minimum Gasteiger partial charge on any atom is -0.385 e. The SMILES string of the molecule is CCOC(CC)(CC)C(O)c1cc(C)ccc1F. The monoisotopic (exact) mass is 254 g/mol. The Bertz CT molecular complexity index is 386. The molecule has 0 saturated carbocycles. The molecule has 0 heterocycles. The third-order valence-corrected chi connectivity index (χ3v) is 3.57. The Labute approximate surface area is 109 Å². The third kappa shape index (κ3) is 2.90. The normalized spacial score (nSPS) is 13.7. The van der Waals surface area contributed by atoms with Crippen LogP contribution in [-0.2, 0) is 4.74 Å². The Kier molecular flexibility index (Phi) is 5.29. The van der Waals surface area contributed by atoms with Gasteiger partial charge in [0.25, 0.3) is 0 Å². The summed E-state index contributed by atoms with van der Waals surface area (Å²) in [5.41, 5.74) is 0.554. The lowest BCUT2D eigenvalue weighted by atomic mass is 9.85. The van der Waals surface area contributed by atoms with Crippen molar-refractivity contribution in [2.45, 2.75) is 52.2 Å². The number of hydrogen-bond donors (Lipinski definition) is 1. The summed E-state index contributed by atoms with van der Waals surface area (Å²) < 4.78 is 19.6. The van der Waals surface area contributed by atoms with Crippen LogP contribution in [0.5, 0.6) is 0 Å². The van der Waals surface area contributed by atoms with E-state index >= 15 is 0 Å². The highest BCUT2D eigenvalue weighted by atomic mass is 19.1. The Hall–Kier alpha value is -0.930. The van der Waals surface area contributed by atoms with Crippen molar-refractivity contribution in [3.8, 4) is 0 Å². The maximum Gasteiger partial charge on any atom is 0.129 e. The second-order valence-corrected chi connectivity index (χ2v) is 4.63. The molecule has 0 saturated heterocycles. The predicted molar refractivity (Wildman–Crippen MR) is 71.0 cm³/mol. The van der Waals surface area contributed by atoms with E-state index in [4.69, 9.17) is 4.74 Å². The molecule has 0 fully saturated rings. The van der Waals surface area contributed by atoms with Crippen molar-refractivity contribution < 1.29 is 14.2 Å². The van der Waals surface area contributed by atoms with Crippen LogP contribution in [0.1, 0.15) is 50.8 Å². The summed E-state index contributed by atoms with van der Waals surface area (Å²) in [6, 6.07) is 4.79. The van der Waals surface area contributed by atoms with Gasteiger partial charge < -0.3 is 9.84 Å². The average Bonchev–Trinajstić information content (AvgIpc) is 2.38. The van der Waals surface area contributed by atoms with Gasteiger partial charge in [0.15, 0.2) is 0 Å². The maximum atomic E-state index is 13.8. The van der Waals surface area contributed by atoms with Crippen molar-refractivity contribution in [3.05, 3.63) is 35.1 Å². The van der Waals surface area contributed by atoms with Gasteiger partial charge in [0.1, 0.15) is 11.9 Å². The fourth-order valence-corrected chi connectivity index (χ4v) is 2.36. The van der Waals surface area contributed by atoms with E-state index in [0.29, 0.717) is 25.0 Å². The first-order chi connectivity index (χ1) is 8.50. The number of aliphatic hydroxyl groups is 1. The summed E-state index contributed by atoms with van der Waals surface area (Å²) in [4.78, 5) is 0. The first-order valence-corrected chi connectivity index (χ1v) is 6.58. The molecule has 1 rings (SSSR count). The van der Waals surface area contributed by atoms with E-state index in [1.807, 2.05) is 27.7 Å². The molecule has 1 N–H and O–H groups in total. The molecule has 0 bridgehead atoms. The number of halogens is 1. The number of aryl methyl sites for hydroxylation is 1. The zero-order valence-corrected chi connectivity index (χ0v) is 11.7. The molecule has 0 aromatic heterocycles. The Morgan fingerprint density at radius 3 is 2.39 bits per heavy atom.